The predicted octanol–water partition coefficient (Wildman–Crippen LogP) is 1.51. The molecule has 2 unspecified atom stereocenters. The van der Waals surface area contributed by atoms with Crippen molar-refractivity contribution in [1.29, 1.82) is 0 Å². The third kappa shape index (κ3) is 4.81. The van der Waals surface area contributed by atoms with Gasteiger partial charge in [-0.05, 0) is 24.6 Å². The Labute approximate surface area is 120 Å². The second kappa shape index (κ2) is 7.47. The molecular formula is C12H18ClN3O2S. The van der Waals surface area contributed by atoms with Crippen molar-refractivity contribution in [1.82, 2.24) is 5.32 Å². The Hall–Kier alpha value is -1.11. The van der Waals surface area contributed by atoms with E-state index in [1.165, 1.54) is 0 Å². The highest BCUT2D eigenvalue weighted by atomic mass is 35.5. The number of nitrogens with two attached hydrogens (primary N) is 1. The number of nitrogens with one attached hydrogen (secondary N) is 2. The number of rotatable bonds is 6. The molecule has 19 heavy (non-hydrogen) atoms. The van der Waals surface area contributed by atoms with Crippen LogP contribution in [-0.4, -0.2) is 28.2 Å². The number of carbonyl (C=O) groups excluding carboxylic acids is 1. The molecule has 0 spiro atoms. The maximum atomic E-state index is 12.0. The van der Waals surface area contributed by atoms with Gasteiger partial charge in [0.2, 0.25) is 0 Å². The van der Waals surface area contributed by atoms with Crippen molar-refractivity contribution in [2.75, 3.05) is 18.2 Å². The number of nitrogen functional groups attached to an aromatic ring is 1. The highest BCUT2D eigenvalue weighted by molar-refractivity contribution is 7.84. The van der Waals surface area contributed by atoms with Crippen LogP contribution in [0.25, 0.3) is 0 Å². The zero-order valence-electron chi connectivity index (χ0n) is 10.9. The lowest BCUT2D eigenvalue weighted by Crippen LogP contribution is -2.28. The van der Waals surface area contributed by atoms with Crippen molar-refractivity contribution in [3.63, 3.8) is 0 Å². The maximum Gasteiger partial charge on any atom is 0.253 e. The van der Waals surface area contributed by atoms with E-state index in [-0.39, 0.29) is 11.2 Å². The van der Waals surface area contributed by atoms with Crippen LogP contribution < -0.4 is 16.6 Å². The molecule has 0 fully saturated rings. The topological polar surface area (TPSA) is 84.2 Å². The third-order valence-corrected chi connectivity index (χ3v) is 4.39. The second-order valence-electron chi connectivity index (χ2n) is 4.19. The summed E-state index contributed by atoms with van der Waals surface area (Å²) in [4.78, 5) is 12.0. The molecule has 0 saturated carbocycles. The summed E-state index contributed by atoms with van der Waals surface area (Å²) < 4.78 is 11.2. The molecule has 2 atom stereocenters. The van der Waals surface area contributed by atoms with E-state index in [9.17, 15) is 9.00 Å². The SMILES string of the molecule is CC(CCNC(=O)c1cc(Cl)ccc1NN)S(C)=O. The normalized spacial score (nSPS) is 13.7. The standard InChI is InChI=1S/C12H18ClN3O2S/c1-8(19(2)18)5-6-15-12(17)10-7-9(13)3-4-11(10)16-14/h3-4,7-8,16H,5-6,14H2,1-2H3,(H,15,17). The van der Waals surface area contributed by atoms with E-state index in [0.29, 0.717) is 29.2 Å². The minimum absolute atomic E-state index is 0.0479. The van der Waals surface area contributed by atoms with Gasteiger partial charge in [-0.1, -0.05) is 18.5 Å². The molecule has 0 aliphatic heterocycles. The van der Waals surface area contributed by atoms with Crippen molar-refractivity contribution in [3.05, 3.63) is 28.8 Å². The fraction of sp³-hybridized carbons (Fsp3) is 0.417. The zero-order chi connectivity index (χ0) is 14.4. The monoisotopic (exact) mass is 303 g/mol. The minimum atomic E-state index is -0.884. The van der Waals surface area contributed by atoms with Gasteiger partial charge in [0, 0.05) is 33.9 Å². The number of anilines is 1. The predicted molar refractivity (Wildman–Crippen MR) is 79.7 cm³/mol. The van der Waals surface area contributed by atoms with Crippen molar-refractivity contribution >= 4 is 34.0 Å². The molecule has 7 heteroatoms. The number of amides is 1. The quantitative estimate of drug-likeness (QED) is 0.549. The van der Waals surface area contributed by atoms with Gasteiger partial charge >= 0.3 is 0 Å². The van der Waals surface area contributed by atoms with Crippen LogP contribution in [0.4, 0.5) is 5.69 Å². The molecule has 106 valence electrons. The van der Waals surface area contributed by atoms with E-state index in [1.54, 1.807) is 24.5 Å². The molecule has 4 N–H and O–H groups in total. The van der Waals surface area contributed by atoms with Crippen LogP contribution in [0.5, 0.6) is 0 Å². The molecular weight excluding hydrogens is 286 g/mol. The molecule has 0 heterocycles. The molecule has 5 nitrogen and oxygen atoms in total. The molecule has 1 rings (SSSR count). The number of halogens is 1. The lowest BCUT2D eigenvalue weighted by molar-refractivity contribution is 0.0954. The van der Waals surface area contributed by atoms with Crippen LogP contribution in [0, 0.1) is 0 Å². The number of hydrogen-bond acceptors (Lipinski definition) is 4. The Morgan fingerprint density at radius 3 is 2.79 bits per heavy atom. The molecule has 0 bridgehead atoms. The molecule has 0 aliphatic rings. The Bertz CT molecular complexity index is 482. The number of hydrazine groups is 1. The Balaban J connectivity index is 2.63. The summed E-state index contributed by atoms with van der Waals surface area (Å²) in [6, 6.07) is 4.84. The Kier molecular flexibility index (Phi) is 6.27. The highest BCUT2D eigenvalue weighted by Crippen LogP contribution is 2.19. The van der Waals surface area contributed by atoms with Crippen LogP contribution in [0.1, 0.15) is 23.7 Å². The molecule has 0 aliphatic carbocycles. The van der Waals surface area contributed by atoms with Gasteiger partial charge in [-0.2, -0.15) is 0 Å². The summed E-state index contributed by atoms with van der Waals surface area (Å²) in [5.41, 5.74) is 3.35. The van der Waals surface area contributed by atoms with E-state index in [4.69, 9.17) is 17.4 Å². The number of carbonyl (C=O) groups is 1. The molecule has 1 amide bonds. The van der Waals surface area contributed by atoms with Gasteiger partial charge in [0.1, 0.15) is 0 Å². The molecule has 0 aromatic heterocycles. The first-order valence-corrected chi connectivity index (χ1v) is 7.82. The van der Waals surface area contributed by atoms with Gasteiger partial charge < -0.3 is 10.7 Å². The molecule has 0 radical (unpaired) electrons. The van der Waals surface area contributed by atoms with Gasteiger partial charge in [0.25, 0.3) is 5.91 Å². The van der Waals surface area contributed by atoms with Gasteiger partial charge in [0.15, 0.2) is 0 Å². The van der Waals surface area contributed by atoms with Gasteiger partial charge in [0.05, 0.1) is 11.3 Å². The summed E-state index contributed by atoms with van der Waals surface area (Å²) in [5.74, 6) is 5.08. The van der Waals surface area contributed by atoms with Crippen LogP contribution in [-0.2, 0) is 10.8 Å². The largest absolute Gasteiger partial charge is 0.352 e. The van der Waals surface area contributed by atoms with E-state index < -0.39 is 10.8 Å². The lowest BCUT2D eigenvalue weighted by Gasteiger charge is -2.12. The number of hydrogen-bond donors (Lipinski definition) is 3. The van der Waals surface area contributed by atoms with Crippen molar-refractivity contribution in [2.45, 2.75) is 18.6 Å². The second-order valence-corrected chi connectivity index (χ2v) is 6.43. The molecule has 0 saturated heterocycles. The maximum absolute atomic E-state index is 12.0. The summed E-state index contributed by atoms with van der Waals surface area (Å²) in [6.45, 7) is 2.34. The molecule has 1 aromatic carbocycles. The minimum Gasteiger partial charge on any atom is -0.352 e. The van der Waals surface area contributed by atoms with E-state index >= 15 is 0 Å². The van der Waals surface area contributed by atoms with Gasteiger partial charge in [-0.25, -0.2) is 0 Å². The third-order valence-electron chi connectivity index (χ3n) is 2.78. The van der Waals surface area contributed by atoms with Crippen LogP contribution in [0.15, 0.2) is 18.2 Å². The number of benzene rings is 1. The first-order chi connectivity index (χ1) is 8.95. The summed E-state index contributed by atoms with van der Waals surface area (Å²) in [6.07, 6.45) is 2.31. The van der Waals surface area contributed by atoms with E-state index in [0.717, 1.165) is 0 Å². The van der Waals surface area contributed by atoms with E-state index in [2.05, 4.69) is 10.7 Å². The van der Waals surface area contributed by atoms with Crippen LogP contribution >= 0.6 is 11.6 Å². The average Bonchev–Trinajstić information content (AvgIpc) is 2.38. The smallest absolute Gasteiger partial charge is 0.253 e. The fourth-order valence-electron chi connectivity index (χ4n) is 1.48. The van der Waals surface area contributed by atoms with Crippen molar-refractivity contribution in [3.8, 4) is 0 Å². The van der Waals surface area contributed by atoms with Crippen molar-refractivity contribution < 1.29 is 9.00 Å². The molecule has 1 aromatic rings. The van der Waals surface area contributed by atoms with Crippen molar-refractivity contribution in [2.24, 2.45) is 5.84 Å². The van der Waals surface area contributed by atoms with Gasteiger partial charge in [-0.15, -0.1) is 0 Å². The summed E-state index contributed by atoms with van der Waals surface area (Å²) in [7, 11) is -0.884. The van der Waals surface area contributed by atoms with Gasteiger partial charge in [-0.3, -0.25) is 14.8 Å². The fourth-order valence-corrected chi connectivity index (χ4v) is 2.10. The average molecular weight is 304 g/mol. The first kappa shape index (κ1) is 15.9. The summed E-state index contributed by atoms with van der Waals surface area (Å²) in [5, 5.41) is 3.27. The Morgan fingerprint density at radius 1 is 1.53 bits per heavy atom. The first-order valence-electron chi connectivity index (χ1n) is 5.82. The highest BCUT2D eigenvalue weighted by Gasteiger charge is 2.12. The van der Waals surface area contributed by atoms with Crippen LogP contribution in [0.2, 0.25) is 5.02 Å². The zero-order valence-corrected chi connectivity index (χ0v) is 12.5. The Morgan fingerprint density at radius 2 is 2.21 bits per heavy atom. The van der Waals surface area contributed by atoms with Crippen LogP contribution in [0.3, 0.4) is 0 Å². The lowest BCUT2D eigenvalue weighted by atomic mass is 10.1. The summed E-state index contributed by atoms with van der Waals surface area (Å²) >= 11 is 5.86. The van der Waals surface area contributed by atoms with E-state index in [1.807, 2.05) is 6.92 Å².